The van der Waals surface area contributed by atoms with Crippen LogP contribution >= 0.6 is 0 Å². The Hall–Kier alpha value is -3.73. The Balaban J connectivity index is 1.62. The molecule has 3 aromatic carbocycles. The lowest BCUT2D eigenvalue weighted by Gasteiger charge is -2.08. The number of aromatic amines is 1. The summed E-state index contributed by atoms with van der Waals surface area (Å²) in [6, 6.07) is 21.9. The smallest absolute Gasteiger partial charge is 0.259 e. The van der Waals surface area contributed by atoms with Crippen LogP contribution in [0, 0.1) is 5.82 Å². The van der Waals surface area contributed by atoms with Gasteiger partial charge >= 0.3 is 0 Å². The van der Waals surface area contributed by atoms with Gasteiger partial charge in [-0.1, -0.05) is 42.5 Å². The van der Waals surface area contributed by atoms with Crippen LogP contribution in [0.5, 0.6) is 0 Å². The van der Waals surface area contributed by atoms with Crippen molar-refractivity contribution in [3.63, 3.8) is 0 Å². The second-order valence-electron chi connectivity index (χ2n) is 6.74. The summed E-state index contributed by atoms with van der Waals surface area (Å²) < 4.78 is 16.1. The first-order valence-corrected chi connectivity index (χ1v) is 9.01. The third-order valence-electron chi connectivity index (χ3n) is 4.96. The van der Waals surface area contributed by atoms with Gasteiger partial charge in [0.15, 0.2) is 0 Å². The van der Waals surface area contributed by atoms with Crippen LogP contribution in [0.15, 0.2) is 83.8 Å². The van der Waals surface area contributed by atoms with Crippen LogP contribution in [0.2, 0.25) is 0 Å². The molecule has 136 valence electrons. The molecule has 0 unspecified atom stereocenters. The van der Waals surface area contributed by atoms with E-state index in [2.05, 4.69) is 9.97 Å². The molecule has 0 fully saturated rings. The Bertz CT molecular complexity index is 1380. The molecule has 2 heterocycles. The highest BCUT2D eigenvalue weighted by Crippen LogP contribution is 2.24. The molecular formula is C23H16FN3O. The fourth-order valence-electron chi connectivity index (χ4n) is 3.50. The summed E-state index contributed by atoms with van der Waals surface area (Å²) in [6.45, 7) is 0.432. The highest BCUT2D eigenvalue weighted by molar-refractivity contribution is 5.85. The number of rotatable bonds is 3. The number of para-hydroxylation sites is 1. The molecule has 0 bridgehead atoms. The lowest BCUT2D eigenvalue weighted by Crippen LogP contribution is -2.09. The zero-order valence-corrected chi connectivity index (χ0v) is 14.9. The zero-order chi connectivity index (χ0) is 19.1. The molecule has 5 aromatic rings. The monoisotopic (exact) mass is 369 g/mol. The predicted octanol–water partition coefficient (Wildman–Crippen LogP) is 4.73. The second-order valence-corrected chi connectivity index (χ2v) is 6.74. The highest BCUT2D eigenvalue weighted by atomic mass is 19.1. The molecule has 0 aliphatic carbocycles. The molecular weight excluding hydrogens is 353 g/mol. The van der Waals surface area contributed by atoms with E-state index < -0.39 is 0 Å². The summed E-state index contributed by atoms with van der Waals surface area (Å²) in [5, 5.41) is 1.61. The minimum absolute atomic E-state index is 0.164. The van der Waals surface area contributed by atoms with E-state index in [9.17, 15) is 9.18 Å². The summed E-state index contributed by atoms with van der Waals surface area (Å²) in [4.78, 5) is 19.9. The normalized spacial score (nSPS) is 11.3. The summed E-state index contributed by atoms with van der Waals surface area (Å²) in [5.41, 5.74) is 2.88. The van der Waals surface area contributed by atoms with Gasteiger partial charge in [-0.05, 0) is 35.7 Å². The Morgan fingerprint density at radius 3 is 2.68 bits per heavy atom. The number of hydrogen-bond donors (Lipinski definition) is 1. The average molecular weight is 369 g/mol. The van der Waals surface area contributed by atoms with Gasteiger partial charge in [-0.15, -0.1) is 0 Å². The van der Waals surface area contributed by atoms with E-state index in [1.807, 2.05) is 59.3 Å². The molecule has 4 nitrogen and oxygen atoms in total. The molecule has 0 aliphatic rings. The van der Waals surface area contributed by atoms with Crippen molar-refractivity contribution in [3.05, 3.63) is 101 Å². The Morgan fingerprint density at radius 2 is 1.79 bits per heavy atom. The zero-order valence-electron chi connectivity index (χ0n) is 14.9. The lowest BCUT2D eigenvalue weighted by molar-refractivity contribution is 0.602. The standard InChI is InChI=1S/C23H16FN3O/c24-19-7-3-1-5-17(19)14-27-12-11-15-9-10-16(13-21(15)27)22-25-20-8-4-2-6-18(20)23(28)26-22/h1-13H,14H2,(H,25,26,28). The number of nitrogens with one attached hydrogen (secondary N) is 1. The first-order chi connectivity index (χ1) is 13.7. The SMILES string of the molecule is O=c1[nH]c(-c2ccc3ccn(Cc4ccccc4F)c3c2)nc2ccccc12. The van der Waals surface area contributed by atoms with E-state index >= 15 is 0 Å². The summed E-state index contributed by atoms with van der Waals surface area (Å²) >= 11 is 0. The number of benzene rings is 3. The van der Waals surface area contributed by atoms with Crippen molar-refractivity contribution in [2.45, 2.75) is 6.54 Å². The van der Waals surface area contributed by atoms with E-state index in [0.717, 1.165) is 16.5 Å². The molecule has 5 heteroatoms. The molecule has 28 heavy (non-hydrogen) atoms. The van der Waals surface area contributed by atoms with Crippen LogP contribution in [-0.4, -0.2) is 14.5 Å². The van der Waals surface area contributed by atoms with Gasteiger partial charge in [-0.2, -0.15) is 0 Å². The summed E-state index contributed by atoms with van der Waals surface area (Å²) in [6.07, 6.45) is 1.94. The van der Waals surface area contributed by atoms with E-state index in [4.69, 9.17) is 0 Å². The van der Waals surface area contributed by atoms with Crippen LogP contribution < -0.4 is 5.56 Å². The molecule has 1 N–H and O–H groups in total. The first-order valence-electron chi connectivity index (χ1n) is 9.01. The van der Waals surface area contributed by atoms with E-state index in [1.165, 1.54) is 6.07 Å². The van der Waals surface area contributed by atoms with Gasteiger partial charge in [0.25, 0.3) is 5.56 Å². The Labute approximate surface area is 159 Å². The van der Waals surface area contributed by atoms with Crippen molar-refractivity contribution in [2.75, 3.05) is 0 Å². The predicted molar refractivity (Wildman–Crippen MR) is 109 cm³/mol. The third-order valence-corrected chi connectivity index (χ3v) is 4.96. The van der Waals surface area contributed by atoms with Gasteiger partial charge in [-0.25, -0.2) is 9.37 Å². The minimum atomic E-state index is -0.221. The van der Waals surface area contributed by atoms with Crippen LogP contribution in [0.4, 0.5) is 4.39 Å². The molecule has 5 rings (SSSR count). The largest absolute Gasteiger partial charge is 0.343 e. The highest BCUT2D eigenvalue weighted by Gasteiger charge is 2.10. The Morgan fingerprint density at radius 1 is 0.964 bits per heavy atom. The quantitative estimate of drug-likeness (QED) is 0.500. The second kappa shape index (κ2) is 6.46. The number of nitrogens with zero attached hydrogens (tertiary/aromatic N) is 2. The lowest BCUT2D eigenvalue weighted by atomic mass is 10.1. The van der Waals surface area contributed by atoms with Crippen molar-refractivity contribution in [2.24, 2.45) is 0 Å². The van der Waals surface area contributed by atoms with Crippen LogP contribution in [0.3, 0.4) is 0 Å². The van der Waals surface area contributed by atoms with E-state index in [0.29, 0.717) is 28.8 Å². The van der Waals surface area contributed by atoms with Gasteiger partial charge in [0.05, 0.1) is 17.4 Å². The van der Waals surface area contributed by atoms with Crippen molar-refractivity contribution in [1.29, 1.82) is 0 Å². The maximum absolute atomic E-state index is 14.1. The number of hydrogen-bond acceptors (Lipinski definition) is 2. The number of aromatic nitrogens is 3. The van der Waals surface area contributed by atoms with Gasteiger partial charge in [0, 0.05) is 22.8 Å². The maximum atomic E-state index is 14.1. The molecule has 0 saturated carbocycles. The van der Waals surface area contributed by atoms with Crippen molar-refractivity contribution >= 4 is 21.8 Å². The fraction of sp³-hybridized carbons (Fsp3) is 0.0435. The van der Waals surface area contributed by atoms with Gasteiger partial charge in [0.1, 0.15) is 11.6 Å². The summed E-state index contributed by atoms with van der Waals surface area (Å²) in [5.74, 6) is 0.297. The topological polar surface area (TPSA) is 50.7 Å². The van der Waals surface area contributed by atoms with Crippen LogP contribution in [-0.2, 0) is 6.54 Å². The third kappa shape index (κ3) is 2.77. The Kier molecular flexibility index (Phi) is 3.79. The average Bonchev–Trinajstić information content (AvgIpc) is 3.12. The molecule has 0 amide bonds. The van der Waals surface area contributed by atoms with E-state index in [1.54, 1.807) is 18.2 Å². The maximum Gasteiger partial charge on any atom is 0.259 e. The van der Waals surface area contributed by atoms with Gasteiger partial charge in [-0.3, -0.25) is 4.79 Å². The molecule has 0 spiro atoms. The van der Waals surface area contributed by atoms with Crippen molar-refractivity contribution < 1.29 is 4.39 Å². The molecule has 0 aliphatic heterocycles. The molecule has 0 radical (unpaired) electrons. The minimum Gasteiger partial charge on any atom is -0.343 e. The molecule has 0 atom stereocenters. The van der Waals surface area contributed by atoms with Gasteiger partial charge < -0.3 is 9.55 Å². The molecule has 0 saturated heterocycles. The van der Waals surface area contributed by atoms with Gasteiger partial charge in [0.2, 0.25) is 0 Å². The first kappa shape index (κ1) is 16.4. The van der Waals surface area contributed by atoms with Crippen molar-refractivity contribution in [1.82, 2.24) is 14.5 Å². The number of fused-ring (bicyclic) bond motifs is 2. The number of H-pyrrole nitrogens is 1. The number of halogens is 1. The van der Waals surface area contributed by atoms with Crippen LogP contribution in [0.25, 0.3) is 33.2 Å². The van der Waals surface area contributed by atoms with E-state index in [-0.39, 0.29) is 11.4 Å². The fourth-order valence-corrected chi connectivity index (χ4v) is 3.50. The van der Waals surface area contributed by atoms with Crippen molar-refractivity contribution in [3.8, 4) is 11.4 Å². The molecule has 2 aromatic heterocycles. The summed E-state index contributed by atoms with van der Waals surface area (Å²) in [7, 11) is 0. The van der Waals surface area contributed by atoms with Crippen LogP contribution in [0.1, 0.15) is 5.56 Å².